The molecule has 1 heterocycles. The van der Waals surface area contributed by atoms with Crippen molar-refractivity contribution < 1.29 is 8.42 Å². The summed E-state index contributed by atoms with van der Waals surface area (Å²) in [5.41, 5.74) is 0. The van der Waals surface area contributed by atoms with Crippen molar-refractivity contribution in [3.63, 3.8) is 0 Å². The van der Waals surface area contributed by atoms with Gasteiger partial charge in [-0.05, 0) is 38.3 Å². The zero-order chi connectivity index (χ0) is 14.0. The van der Waals surface area contributed by atoms with Crippen molar-refractivity contribution in [3.05, 3.63) is 21.3 Å². The molecule has 1 aromatic heterocycles. The van der Waals surface area contributed by atoms with E-state index in [4.69, 9.17) is 11.6 Å². The predicted molar refractivity (Wildman–Crippen MR) is 81.8 cm³/mol. The van der Waals surface area contributed by atoms with Crippen LogP contribution in [0.1, 0.15) is 43.5 Å². The Kier molecular flexibility index (Phi) is 4.93. The van der Waals surface area contributed by atoms with Crippen LogP contribution in [0.5, 0.6) is 0 Å². The van der Waals surface area contributed by atoms with Crippen molar-refractivity contribution >= 4 is 32.8 Å². The van der Waals surface area contributed by atoms with E-state index in [9.17, 15) is 8.42 Å². The highest BCUT2D eigenvalue weighted by molar-refractivity contribution is 7.91. The number of nitrogens with one attached hydrogen (secondary N) is 1. The number of hydrogen-bond acceptors (Lipinski definition) is 4. The lowest BCUT2D eigenvalue weighted by Crippen LogP contribution is -2.39. The van der Waals surface area contributed by atoms with E-state index in [0.29, 0.717) is 0 Å². The first-order valence-corrected chi connectivity index (χ1v) is 9.71. The minimum absolute atomic E-state index is 0.183. The number of hydrogen-bond donors (Lipinski definition) is 1. The van der Waals surface area contributed by atoms with Crippen molar-refractivity contribution in [2.45, 2.75) is 49.9 Å². The third-order valence-corrected chi connectivity index (χ3v) is 6.79. The molecule has 3 nitrogen and oxygen atoms in total. The summed E-state index contributed by atoms with van der Waals surface area (Å²) in [7, 11) is -2.91. The zero-order valence-corrected chi connectivity index (χ0v) is 13.6. The molecule has 1 aliphatic carbocycles. The van der Waals surface area contributed by atoms with Crippen LogP contribution < -0.4 is 5.32 Å². The normalized spacial score (nSPS) is 26.3. The van der Waals surface area contributed by atoms with E-state index >= 15 is 0 Å². The van der Waals surface area contributed by atoms with E-state index in [0.717, 1.165) is 30.0 Å². The highest BCUT2D eigenvalue weighted by Gasteiger charge is 2.29. The predicted octanol–water partition coefficient (Wildman–Crippen LogP) is 3.41. The smallest absolute Gasteiger partial charge is 0.150 e. The summed E-state index contributed by atoms with van der Waals surface area (Å²) in [5.74, 6) is 0. The second-order valence-corrected chi connectivity index (χ2v) is 9.42. The van der Waals surface area contributed by atoms with Gasteiger partial charge in [0, 0.05) is 23.2 Å². The van der Waals surface area contributed by atoms with Gasteiger partial charge in [-0.25, -0.2) is 8.42 Å². The topological polar surface area (TPSA) is 46.2 Å². The van der Waals surface area contributed by atoms with E-state index < -0.39 is 9.84 Å². The summed E-state index contributed by atoms with van der Waals surface area (Å²) in [5, 5.41) is 3.36. The molecule has 6 heteroatoms. The molecule has 0 amide bonds. The Morgan fingerprint density at radius 3 is 2.74 bits per heavy atom. The lowest BCUT2D eigenvalue weighted by atomic mass is 9.94. The van der Waals surface area contributed by atoms with E-state index in [1.165, 1.54) is 11.1 Å². The average molecular weight is 322 g/mol. The van der Waals surface area contributed by atoms with Crippen molar-refractivity contribution in [2.24, 2.45) is 0 Å². The molecule has 0 radical (unpaired) electrons. The summed E-state index contributed by atoms with van der Waals surface area (Å²) < 4.78 is 24.1. The molecule has 19 heavy (non-hydrogen) atoms. The van der Waals surface area contributed by atoms with Crippen LogP contribution in [0.25, 0.3) is 0 Å². The third kappa shape index (κ3) is 4.18. The summed E-state index contributed by atoms with van der Waals surface area (Å²) in [4.78, 5) is 1.20. The molecular formula is C13H20ClNO2S2. The van der Waals surface area contributed by atoms with Crippen LogP contribution in [0.2, 0.25) is 4.34 Å². The Morgan fingerprint density at radius 2 is 2.16 bits per heavy atom. The Morgan fingerprint density at radius 1 is 1.42 bits per heavy atom. The first-order chi connectivity index (χ1) is 8.86. The number of halogens is 1. The molecule has 1 N–H and O–H groups in total. The standard InChI is InChI=1S/C13H20ClNO2S2/c1-9(12-6-7-13(14)18-12)15-10-4-3-5-11(8-10)19(2,16)17/h6-7,9-11,15H,3-5,8H2,1-2H3. The van der Waals surface area contributed by atoms with Gasteiger partial charge in [0.2, 0.25) is 0 Å². The maximum Gasteiger partial charge on any atom is 0.150 e. The van der Waals surface area contributed by atoms with Gasteiger partial charge in [0.1, 0.15) is 9.84 Å². The molecule has 2 rings (SSSR count). The first-order valence-electron chi connectivity index (χ1n) is 6.56. The molecule has 1 fully saturated rings. The maximum absolute atomic E-state index is 11.6. The molecule has 3 atom stereocenters. The van der Waals surface area contributed by atoms with Crippen molar-refractivity contribution in [3.8, 4) is 0 Å². The van der Waals surface area contributed by atoms with Gasteiger partial charge >= 0.3 is 0 Å². The Balaban J connectivity index is 1.95. The largest absolute Gasteiger partial charge is 0.307 e. The number of thiophene rings is 1. The maximum atomic E-state index is 11.6. The fourth-order valence-corrected chi connectivity index (χ4v) is 4.93. The molecule has 1 aromatic rings. The van der Waals surface area contributed by atoms with E-state index in [1.54, 1.807) is 11.3 Å². The lowest BCUT2D eigenvalue weighted by Gasteiger charge is -2.30. The minimum Gasteiger partial charge on any atom is -0.307 e. The highest BCUT2D eigenvalue weighted by atomic mass is 35.5. The second-order valence-electron chi connectivity index (χ2n) is 5.35. The van der Waals surface area contributed by atoms with Gasteiger partial charge in [-0.3, -0.25) is 0 Å². The van der Waals surface area contributed by atoms with Crippen molar-refractivity contribution in [2.75, 3.05) is 6.26 Å². The third-order valence-electron chi connectivity index (χ3n) is 3.74. The zero-order valence-electron chi connectivity index (χ0n) is 11.2. The van der Waals surface area contributed by atoms with Crippen molar-refractivity contribution in [1.82, 2.24) is 5.32 Å². The fraction of sp³-hybridized carbons (Fsp3) is 0.692. The van der Waals surface area contributed by atoms with Crippen LogP contribution >= 0.6 is 22.9 Å². The molecular weight excluding hydrogens is 302 g/mol. The van der Waals surface area contributed by atoms with Crippen molar-refractivity contribution in [1.29, 1.82) is 0 Å². The first kappa shape index (κ1) is 15.3. The van der Waals surface area contributed by atoms with Crippen LogP contribution in [-0.2, 0) is 9.84 Å². The number of sulfone groups is 1. The minimum atomic E-state index is -2.91. The van der Waals surface area contributed by atoms with Gasteiger partial charge in [0.15, 0.2) is 0 Å². The summed E-state index contributed by atoms with van der Waals surface area (Å²) in [6.07, 6.45) is 4.91. The van der Waals surface area contributed by atoms with Crippen LogP contribution in [0.15, 0.2) is 12.1 Å². The van der Waals surface area contributed by atoms with Gasteiger partial charge < -0.3 is 5.32 Å². The quantitative estimate of drug-likeness (QED) is 0.924. The van der Waals surface area contributed by atoms with Crippen LogP contribution in [-0.4, -0.2) is 26.0 Å². The molecule has 0 saturated heterocycles. The fourth-order valence-electron chi connectivity index (χ4n) is 2.68. The van der Waals surface area contributed by atoms with Gasteiger partial charge in [0.05, 0.1) is 9.59 Å². The summed E-state index contributed by atoms with van der Waals surface area (Å²) in [6.45, 7) is 2.10. The van der Waals surface area contributed by atoms with Gasteiger partial charge in [-0.1, -0.05) is 18.0 Å². The van der Waals surface area contributed by atoms with Gasteiger partial charge in [-0.2, -0.15) is 0 Å². The van der Waals surface area contributed by atoms with Crippen LogP contribution in [0.4, 0.5) is 0 Å². The molecule has 0 spiro atoms. The molecule has 0 aliphatic heterocycles. The monoisotopic (exact) mass is 321 g/mol. The Bertz CT molecular complexity index is 527. The second kappa shape index (κ2) is 6.12. The Labute approximate surface area is 124 Å². The van der Waals surface area contributed by atoms with E-state index in [1.807, 2.05) is 12.1 Å². The Hall–Kier alpha value is -0.100. The molecule has 3 unspecified atom stereocenters. The number of rotatable bonds is 4. The lowest BCUT2D eigenvalue weighted by molar-refractivity contribution is 0.348. The van der Waals surface area contributed by atoms with Crippen LogP contribution in [0.3, 0.4) is 0 Å². The highest BCUT2D eigenvalue weighted by Crippen LogP contribution is 2.29. The molecule has 1 aliphatic rings. The summed E-state index contributed by atoms with van der Waals surface area (Å²) in [6, 6.07) is 4.44. The van der Waals surface area contributed by atoms with Crippen LogP contribution in [0, 0.1) is 0 Å². The molecule has 1 saturated carbocycles. The van der Waals surface area contributed by atoms with Gasteiger partial charge in [-0.15, -0.1) is 11.3 Å². The van der Waals surface area contributed by atoms with E-state index in [2.05, 4.69) is 12.2 Å². The van der Waals surface area contributed by atoms with E-state index in [-0.39, 0.29) is 17.3 Å². The molecule has 0 aromatic carbocycles. The summed E-state index contributed by atoms with van der Waals surface area (Å²) >= 11 is 7.52. The molecule has 108 valence electrons. The average Bonchev–Trinajstić information content (AvgIpc) is 2.75. The SMILES string of the molecule is CC(NC1CCCC(S(C)(=O)=O)C1)c1ccc(Cl)s1. The van der Waals surface area contributed by atoms with Gasteiger partial charge in [0.25, 0.3) is 0 Å². The molecule has 0 bridgehead atoms.